The van der Waals surface area contributed by atoms with Crippen LogP contribution in [-0.4, -0.2) is 17.7 Å². The summed E-state index contributed by atoms with van der Waals surface area (Å²) in [5.74, 6) is 1.41. The summed E-state index contributed by atoms with van der Waals surface area (Å²) in [7, 11) is 0. The summed E-state index contributed by atoms with van der Waals surface area (Å²) in [4.78, 5) is 13.1. The van der Waals surface area contributed by atoms with E-state index in [1.807, 2.05) is 56.3 Å². The van der Waals surface area contributed by atoms with Crippen molar-refractivity contribution >= 4 is 22.4 Å². The molecule has 32 heavy (non-hydrogen) atoms. The van der Waals surface area contributed by atoms with Gasteiger partial charge in [0.05, 0.1) is 16.8 Å². The Morgan fingerprint density at radius 1 is 1.06 bits per heavy atom. The monoisotopic (exact) mass is 427 g/mol. The molecule has 160 valence electrons. The minimum atomic E-state index is -0.296. The van der Waals surface area contributed by atoms with Gasteiger partial charge in [-0.3, -0.25) is 4.79 Å². The first-order valence-corrected chi connectivity index (χ1v) is 10.0. The molecule has 3 aromatic carbocycles. The number of ether oxygens (including phenoxy) is 2. The first kappa shape index (κ1) is 20.9. The van der Waals surface area contributed by atoms with Gasteiger partial charge in [0.1, 0.15) is 29.9 Å². The number of nitrogens with zero attached hydrogens (tertiary/aromatic N) is 2. The molecular formula is C25H21N3O4. The molecule has 0 saturated heterocycles. The molecule has 0 bridgehead atoms. The van der Waals surface area contributed by atoms with Gasteiger partial charge >= 0.3 is 0 Å². The molecule has 4 rings (SSSR count). The van der Waals surface area contributed by atoms with E-state index in [0.717, 1.165) is 22.0 Å². The van der Waals surface area contributed by atoms with Crippen molar-refractivity contribution in [3.05, 3.63) is 83.2 Å². The van der Waals surface area contributed by atoms with Crippen molar-refractivity contribution in [1.29, 1.82) is 5.26 Å². The molecule has 0 atom stereocenters. The number of hydrogen-bond donors (Lipinski definition) is 1. The second-order valence-corrected chi connectivity index (χ2v) is 7.21. The van der Waals surface area contributed by atoms with Crippen LogP contribution in [0.5, 0.6) is 11.5 Å². The fourth-order valence-electron chi connectivity index (χ4n) is 3.32. The average Bonchev–Trinajstić information content (AvgIpc) is 3.13. The third kappa shape index (κ3) is 4.55. The minimum absolute atomic E-state index is 0.0331. The lowest BCUT2D eigenvalue weighted by atomic mass is 10.0. The van der Waals surface area contributed by atoms with Gasteiger partial charge in [-0.2, -0.15) is 5.26 Å². The van der Waals surface area contributed by atoms with E-state index >= 15 is 0 Å². The van der Waals surface area contributed by atoms with Crippen molar-refractivity contribution in [2.75, 3.05) is 11.9 Å². The Bertz CT molecular complexity index is 1280. The summed E-state index contributed by atoms with van der Waals surface area (Å²) in [6, 6.07) is 20.2. The lowest BCUT2D eigenvalue weighted by Crippen LogP contribution is -2.14. The predicted octanol–water partition coefficient (Wildman–Crippen LogP) is 5.18. The molecule has 1 N–H and O–H groups in total. The van der Waals surface area contributed by atoms with Crippen molar-refractivity contribution in [2.24, 2.45) is 0 Å². The Labute approximate surface area is 185 Å². The van der Waals surface area contributed by atoms with Crippen LogP contribution in [0.3, 0.4) is 0 Å². The first-order valence-electron chi connectivity index (χ1n) is 10.0. The molecule has 0 spiro atoms. The zero-order valence-electron chi connectivity index (χ0n) is 17.7. The van der Waals surface area contributed by atoms with Crippen LogP contribution in [0.1, 0.15) is 27.4 Å². The summed E-state index contributed by atoms with van der Waals surface area (Å²) < 4.78 is 16.5. The number of amides is 1. The van der Waals surface area contributed by atoms with Crippen molar-refractivity contribution in [3.63, 3.8) is 0 Å². The number of nitrogens with one attached hydrogen (secondary N) is 1. The molecule has 7 nitrogen and oxygen atoms in total. The fourth-order valence-corrected chi connectivity index (χ4v) is 3.32. The van der Waals surface area contributed by atoms with Gasteiger partial charge in [0, 0.05) is 5.69 Å². The molecule has 1 amide bonds. The van der Waals surface area contributed by atoms with Gasteiger partial charge in [-0.05, 0) is 61.0 Å². The highest BCUT2D eigenvalue weighted by Gasteiger charge is 2.17. The number of benzene rings is 3. The van der Waals surface area contributed by atoms with Crippen molar-refractivity contribution < 1.29 is 18.8 Å². The van der Waals surface area contributed by atoms with Gasteiger partial charge in [0.25, 0.3) is 5.91 Å². The highest BCUT2D eigenvalue weighted by molar-refractivity contribution is 6.08. The molecule has 0 radical (unpaired) electrons. The number of anilines is 1. The van der Waals surface area contributed by atoms with Gasteiger partial charge in [-0.15, -0.1) is 0 Å². The van der Waals surface area contributed by atoms with Crippen molar-refractivity contribution in [2.45, 2.75) is 20.5 Å². The number of carbonyl (C=O) groups is 1. The van der Waals surface area contributed by atoms with Gasteiger partial charge in [0.2, 0.25) is 0 Å². The number of rotatable bonds is 7. The molecule has 4 aromatic rings. The van der Waals surface area contributed by atoms with Crippen molar-refractivity contribution in [1.82, 2.24) is 5.16 Å². The maximum atomic E-state index is 13.1. The van der Waals surface area contributed by atoms with E-state index in [0.29, 0.717) is 28.5 Å². The predicted molar refractivity (Wildman–Crippen MR) is 120 cm³/mol. The zero-order chi connectivity index (χ0) is 22.5. The van der Waals surface area contributed by atoms with E-state index in [2.05, 4.69) is 10.5 Å². The Kier molecular flexibility index (Phi) is 6.04. The van der Waals surface area contributed by atoms with E-state index in [9.17, 15) is 4.79 Å². The van der Waals surface area contributed by atoms with Crippen LogP contribution in [0.15, 0.2) is 65.2 Å². The second-order valence-electron chi connectivity index (χ2n) is 7.21. The highest BCUT2D eigenvalue weighted by atomic mass is 16.5. The molecule has 0 aliphatic rings. The largest absolute Gasteiger partial charge is 0.488 e. The van der Waals surface area contributed by atoms with Crippen molar-refractivity contribution in [3.8, 4) is 17.6 Å². The topological polar surface area (TPSA) is 97.4 Å². The van der Waals surface area contributed by atoms with E-state index < -0.39 is 0 Å². The number of carbonyl (C=O) groups excluding carboxylic acids is 1. The number of aryl methyl sites for hydroxylation is 2. The van der Waals surface area contributed by atoms with Gasteiger partial charge < -0.3 is 19.3 Å². The minimum Gasteiger partial charge on any atom is -0.488 e. The maximum absolute atomic E-state index is 13.1. The smallest absolute Gasteiger partial charge is 0.259 e. The van der Waals surface area contributed by atoms with Crippen LogP contribution < -0.4 is 14.8 Å². The second kappa shape index (κ2) is 9.23. The molecule has 0 saturated carbocycles. The lowest BCUT2D eigenvalue weighted by molar-refractivity contribution is 0.102. The molecule has 7 heteroatoms. The third-order valence-corrected chi connectivity index (χ3v) is 5.06. The molecular weight excluding hydrogens is 406 g/mol. The number of fused-ring (bicyclic) bond motifs is 1. The summed E-state index contributed by atoms with van der Waals surface area (Å²) in [5, 5.41) is 17.4. The summed E-state index contributed by atoms with van der Waals surface area (Å²) >= 11 is 0. The van der Waals surface area contributed by atoms with Crippen LogP contribution in [0.4, 0.5) is 5.69 Å². The normalized spacial score (nSPS) is 10.5. The summed E-state index contributed by atoms with van der Waals surface area (Å²) in [6.07, 6.45) is 0. The maximum Gasteiger partial charge on any atom is 0.259 e. The van der Waals surface area contributed by atoms with Gasteiger partial charge in [-0.1, -0.05) is 29.4 Å². The number of aromatic nitrogens is 1. The van der Waals surface area contributed by atoms with E-state index in [4.69, 9.17) is 19.3 Å². The van der Waals surface area contributed by atoms with Crippen LogP contribution in [0.2, 0.25) is 0 Å². The standard InChI is InChI=1S/C25H21N3O4/c1-16-23(17(2)32-28-16)15-31-24-14-19-6-4-3-5-18(19)13-22(24)25(29)27-20-7-9-21(10-8-20)30-12-11-26/h3-10,13-14H,12,15H2,1-2H3,(H,27,29). The van der Waals surface area contributed by atoms with E-state index in [1.165, 1.54) is 0 Å². The molecule has 1 aromatic heterocycles. The summed E-state index contributed by atoms with van der Waals surface area (Å²) in [6.45, 7) is 3.89. The first-order chi connectivity index (χ1) is 15.5. The molecule has 0 aliphatic heterocycles. The van der Waals surface area contributed by atoms with E-state index in [-0.39, 0.29) is 19.1 Å². The lowest BCUT2D eigenvalue weighted by Gasteiger charge is -2.14. The van der Waals surface area contributed by atoms with Crippen LogP contribution >= 0.6 is 0 Å². The van der Waals surface area contributed by atoms with Gasteiger partial charge in [-0.25, -0.2) is 0 Å². The van der Waals surface area contributed by atoms with E-state index in [1.54, 1.807) is 24.3 Å². The SMILES string of the molecule is Cc1noc(C)c1COc1cc2ccccc2cc1C(=O)Nc1ccc(OCC#N)cc1. The van der Waals surface area contributed by atoms with Crippen LogP contribution in [0, 0.1) is 25.2 Å². The molecule has 1 heterocycles. The quantitative estimate of drug-likeness (QED) is 0.437. The Balaban J connectivity index is 1.60. The average molecular weight is 427 g/mol. The third-order valence-electron chi connectivity index (χ3n) is 5.06. The molecule has 0 aliphatic carbocycles. The Hall–Kier alpha value is -4.31. The zero-order valence-corrected chi connectivity index (χ0v) is 17.7. The molecule has 0 unspecified atom stereocenters. The highest BCUT2D eigenvalue weighted by Crippen LogP contribution is 2.29. The van der Waals surface area contributed by atoms with Crippen LogP contribution in [-0.2, 0) is 6.61 Å². The molecule has 0 fully saturated rings. The Morgan fingerprint density at radius 2 is 1.78 bits per heavy atom. The van der Waals surface area contributed by atoms with Crippen LogP contribution in [0.25, 0.3) is 10.8 Å². The number of hydrogen-bond acceptors (Lipinski definition) is 6. The Morgan fingerprint density at radius 3 is 2.44 bits per heavy atom. The number of nitriles is 1. The van der Waals surface area contributed by atoms with Gasteiger partial charge in [0.15, 0.2) is 6.61 Å². The summed E-state index contributed by atoms with van der Waals surface area (Å²) in [5.41, 5.74) is 2.63. The fraction of sp³-hybridized carbons (Fsp3) is 0.160.